The van der Waals surface area contributed by atoms with Gasteiger partial charge in [0.05, 0.1) is 34.0 Å². The predicted octanol–water partition coefficient (Wildman–Crippen LogP) is -1.46. The topological polar surface area (TPSA) is 107 Å². The molecule has 8 heteroatoms. The number of rotatable bonds is 4. The smallest absolute Gasteiger partial charge is 0.249 e. The Hall–Kier alpha value is -2.22. The Morgan fingerprint density at radius 3 is 2.50 bits per heavy atom. The third kappa shape index (κ3) is 2.41. The van der Waals surface area contributed by atoms with Gasteiger partial charge >= 0.3 is 0 Å². The fourth-order valence-corrected chi connectivity index (χ4v) is 5.20. The van der Waals surface area contributed by atoms with Crippen molar-refractivity contribution in [2.75, 3.05) is 0 Å². The second-order valence-corrected chi connectivity index (χ2v) is 8.60. The minimum Gasteiger partial charge on any atom is -0.548 e. The lowest BCUT2D eigenvalue weighted by Gasteiger charge is -2.44. The van der Waals surface area contributed by atoms with Crippen molar-refractivity contribution in [3.05, 3.63) is 35.9 Å². The highest BCUT2D eigenvalue weighted by Crippen LogP contribution is 2.43. The van der Waals surface area contributed by atoms with E-state index in [0.29, 0.717) is 0 Å². The Kier molecular flexibility index (Phi) is 3.95. The van der Waals surface area contributed by atoms with E-state index < -0.39 is 44.9 Å². The normalized spacial score (nSPS) is 30.4. The number of carboxylic acid groups (broad SMARTS) is 1. The molecule has 2 fully saturated rings. The molecule has 2 amide bonds. The van der Waals surface area contributed by atoms with Crippen molar-refractivity contribution in [2.24, 2.45) is 0 Å². The van der Waals surface area contributed by atoms with Gasteiger partial charge in [-0.15, -0.1) is 0 Å². The number of benzene rings is 1. The minimum absolute atomic E-state index is 0.0945. The quantitative estimate of drug-likeness (QED) is 0.669. The molecular weight excluding hydrogens is 332 g/mol. The van der Waals surface area contributed by atoms with Crippen molar-refractivity contribution in [1.82, 2.24) is 10.2 Å². The summed E-state index contributed by atoms with van der Waals surface area (Å²) in [6.45, 7) is 3.05. The molecule has 1 aromatic rings. The van der Waals surface area contributed by atoms with Gasteiger partial charge < -0.3 is 20.1 Å². The molecule has 2 aliphatic rings. The summed E-state index contributed by atoms with van der Waals surface area (Å²) in [7, 11) is -1.62. The molecule has 4 atom stereocenters. The molecule has 1 N–H and O–H groups in total. The van der Waals surface area contributed by atoms with Gasteiger partial charge in [-0.05, 0) is 19.4 Å². The number of nitrogens with one attached hydrogen (secondary N) is 1. The van der Waals surface area contributed by atoms with Crippen LogP contribution in [0.2, 0.25) is 0 Å². The molecule has 0 radical (unpaired) electrons. The number of fused-ring (bicyclic) bond motifs is 1. The molecule has 0 aliphatic carbocycles. The lowest BCUT2D eigenvalue weighted by atomic mass is 9.96. The van der Waals surface area contributed by atoms with E-state index in [-0.39, 0.29) is 12.3 Å². The molecule has 0 saturated carbocycles. The highest BCUT2D eigenvalue weighted by atomic mass is 32.2. The molecule has 1 aromatic carbocycles. The van der Waals surface area contributed by atoms with Crippen LogP contribution < -0.4 is 10.4 Å². The first-order valence-corrected chi connectivity index (χ1v) is 8.73. The number of amides is 2. The summed E-state index contributed by atoms with van der Waals surface area (Å²) >= 11 is 0. The fourth-order valence-electron chi connectivity index (χ4n) is 3.28. The van der Waals surface area contributed by atoms with E-state index >= 15 is 0 Å². The molecule has 0 aromatic heterocycles. The molecule has 24 heavy (non-hydrogen) atoms. The van der Waals surface area contributed by atoms with E-state index in [9.17, 15) is 23.7 Å². The summed E-state index contributed by atoms with van der Waals surface area (Å²) in [6.07, 6.45) is 0.0945. The first kappa shape index (κ1) is 16.6. The Bertz CT molecular complexity index is 733. The standard InChI is InChI=1S/C16H18N2O5S/c1-16(2)12(15(21)22)18-13(20)11(14(18)24(16)23)17-10(19)8-9-6-4-3-5-7-9/h3-7,11-12,14H,8H2,1-2H3,(H,17,19)(H,21,22)/p-1/t11-,12+,14+,24-/m1/s1. The number of hydrogen-bond donors (Lipinski definition) is 1. The van der Waals surface area contributed by atoms with E-state index in [1.165, 1.54) is 13.8 Å². The monoisotopic (exact) mass is 349 g/mol. The van der Waals surface area contributed by atoms with E-state index in [1.807, 2.05) is 6.07 Å². The fraction of sp³-hybridized carbons (Fsp3) is 0.438. The zero-order valence-electron chi connectivity index (χ0n) is 13.2. The number of nitrogens with zero attached hydrogens (tertiary/aromatic N) is 1. The highest BCUT2D eigenvalue weighted by molar-refractivity contribution is 7.87. The summed E-state index contributed by atoms with van der Waals surface area (Å²) in [5.41, 5.74) is 0.791. The van der Waals surface area contributed by atoms with Crippen LogP contribution in [0.5, 0.6) is 0 Å². The van der Waals surface area contributed by atoms with E-state index in [1.54, 1.807) is 24.3 Å². The van der Waals surface area contributed by atoms with E-state index in [0.717, 1.165) is 10.5 Å². The number of carbonyl (C=O) groups excluding carboxylic acids is 3. The van der Waals surface area contributed by atoms with Crippen LogP contribution >= 0.6 is 0 Å². The van der Waals surface area contributed by atoms with Crippen LogP contribution in [0.25, 0.3) is 0 Å². The van der Waals surface area contributed by atoms with Crippen LogP contribution in [0.15, 0.2) is 30.3 Å². The number of hydrogen-bond acceptors (Lipinski definition) is 5. The van der Waals surface area contributed by atoms with Gasteiger partial charge in [0.1, 0.15) is 11.4 Å². The average Bonchev–Trinajstić information content (AvgIpc) is 2.71. The van der Waals surface area contributed by atoms with E-state index in [4.69, 9.17) is 0 Å². The molecule has 128 valence electrons. The molecule has 0 bridgehead atoms. The number of aliphatic carboxylic acids is 1. The van der Waals surface area contributed by atoms with E-state index in [2.05, 4.69) is 5.32 Å². The third-order valence-corrected chi connectivity index (χ3v) is 6.70. The van der Waals surface area contributed by atoms with Crippen LogP contribution in [-0.4, -0.2) is 49.1 Å². The molecule has 2 heterocycles. The highest BCUT2D eigenvalue weighted by Gasteiger charge is 2.66. The van der Waals surface area contributed by atoms with Crippen LogP contribution in [0, 0.1) is 0 Å². The molecule has 7 nitrogen and oxygen atoms in total. The first-order valence-electron chi connectivity index (χ1n) is 7.52. The van der Waals surface area contributed by atoms with Crippen molar-refractivity contribution in [3.8, 4) is 0 Å². The molecule has 0 unspecified atom stereocenters. The van der Waals surface area contributed by atoms with Gasteiger partial charge in [-0.3, -0.25) is 13.8 Å². The minimum atomic E-state index is -1.62. The number of β-lactam (4-membered cyclic amide) rings is 1. The Morgan fingerprint density at radius 1 is 1.29 bits per heavy atom. The van der Waals surface area contributed by atoms with Gasteiger partial charge in [0.2, 0.25) is 11.8 Å². The number of carboxylic acids is 1. The van der Waals surface area contributed by atoms with Crippen molar-refractivity contribution in [1.29, 1.82) is 0 Å². The molecule has 3 rings (SSSR count). The summed E-state index contributed by atoms with van der Waals surface area (Å²) in [5.74, 6) is -2.33. The molecule has 2 aliphatic heterocycles. The second-order valence-electron chi connectivity index (χ2n) is 6.47. The maximum Gasteiger partial charge on any atom is 0.249 e. The van der Waals surface area contributed by atoms with Gasteiger partial charge in [-0.25, -0.2) is 0 Å². The Balaban J connectivity index is 1.74. The Labute approximate surface area is 141 Å². The van der Waals surface area contributed by atoms with Gasteiger partial charge in [-0.2, -0.15) is 0 Å². The van der Waals surface area contributed by atoms with Crippen LogP contribution in [0.4, 0.5) is 0 Å². The van der Waals surface area contributed by atoms with Crippen LogP contribution in [0.1, 0.15) is 19.4 Å². The summed E-state index contributed by atoms with van der Waals surface area (Å²) in [5, 5.41) is 13.1. The van der Waals surface area contributed by atoms with Gasteiger partial charge in [0, 0.05) is 0 Å². The van der Waals surface area contributed by atoms with Crippen LogP contribution in [0.3, 0.4) is 0 Å². The second kappa shape index (κ2) is 5.70. The Morgan fingerprint density at radius 2 is 1.92 bits per heavy atom. The molecular formula is C16H17N2O5S-. The largest absolute Gasteiger partial charge is 0.548 e. The van der Waals surface area contributed by atoms with Crippen molar-refractivity contribution >= 4 is 28.6 Å². The van der Waals surface area contributed by atoms with Crippen LogP contribution in [-0.2, 0) is 31.6 Å². The zero-order chi connectivity index (χ0) is 17.6. The molecule has 2 saturated heterocycles. The predicted molar refractivity (Wildman–Crippen MR) is 83.7 cm³/mol. The summed E-state index contributed by atoms with van der Waals surface area (Å²) in [6, 6.07) is 6.81. The average molecular weight is 349 g/mol. The lowest BCUT2D eigenvalue weighted by Crippen LogP contribution is -2.72. The maximum absolute atomic E-state index is 12.6. The molecule has 0 spiro atoms. The van der Waals surface area contributed by atoms with Gasteiger partial charge in [0.15, 0.2) is 0 Å². The third-order valence-electron chi connectivity index (χ3n) is 4.50. The van der Waals surface area contributed by atoms with Crippen molar-refractivity contribution in [2.45, 2.75) is 42.5 Å². The van der Waals surface area contributed by atoms with Gasteiger partial charge in [-0.1, -0.05) is 30.3 Å². The summed E-state index contributed by atoms with van der Waals surface area (Å²) in [4.78, 5) is 36.8. The SMILES string of the molecule is CC1(C)[C@H](C(=O)[O-])N2C(=O)[C@@H](NC(=O)Cc3ccccc3)[C@@H]2[S@]1=O. The van der Waals surface area contributed by atoms with Crippen molar-refractivity contribution < 1.29 is 23.7 Å². The van der Waals surface area contributed by atoms with Gasteiger partial charge in [0.25, 0.3) is 0 Å². The summed E-state index contributed by atoms with van der Waals surface area (Å²) < 4.78 is 11.4. The zero-order valence-corrected chi connectivity index (χ0v) is 14.0. The van der Waals surface area contributed by atoms with Crippen molar-refractivity contribution in [3.63, 3.8) is 0 Å². The number of carbonyl (C=O) groups is 3. The maximum atomic E-state index is 12.6. The first-order chi connectivity index (χ1) is 11.2. The lowest BCUT2D eigenvalue weighted by molar-refractivity contribution is -0.312.